The van der Waals surface area contributed by atoms with E-state index in [1.165, 1.54) is 12.1 Å². The lowest BCUT2D eigenvalue weighted by atomic mass is 10.0. The third kappa shape index (κ3) is 1.67. The van der Waals surface area contributed by atoms with Crippen LogP contribution < -0.4 is 0 Å². The first kappa shape index (κ1) is 9.27. The van der Waals surface area contributed by atoms with Crippen molar-refractivity contribution in [1.82, 2.24) is 0 Å². The molecular weight excluding hydrogens is 175 g/mol. The predicted molar refractivity (Wildman–Crippen MR) is 50.9 cm³/mol. The van der Waals surface area contributed by atoms with Crippen molar-refractivity contribution in [1.29, 1.82) is 0 Å². The lowest BCUT2D eigenvalue weighted by Gasteiger charge is -2.06. The Morgan fingerprint density at radius 3 is 2.58 bits per heavy atom. The van der Waals surface area contributed by atoms with Crippen LogP contribution in [0.15, 0.2) is 18.7 Å². The van der Waals surface area contributed by atoms with Crippen molar-refractivity contribution >= 4 is 17.2 Å². The van der Waals surface area contributed by atoms with E-state index in [1.807, 2.05) is 13.8 Å². The highest BCUT2D eigenvalue weighted by Gasteiger charge is 2.05. The van der Waals surface area contributed by atoms with E-state index < -0.39 is 0 Å². The van der Waals surface area contributed by atoms with Crippen molar-refractivity contribution in [3.8, 4) is 0 Å². The highest BCUT2D eigenvalue weighted by Crippen LogP contribution is 2.25. The summed E-state index contributed by atoms with van der Waals surface area (Å²) in [6, 6.07) is 2.76. The van der Waals surface area contributed by atoms with E-state index in [9.17, 15) is 4.39 Å². The van der Waals surface area contributed by atoms with E-state index in [2.05, 4.69) is 6.58 Å². The van der Waals surface area contributed by atoms with Gasteiger partial charge in [0.05, 0.1) is 0 Å². The number of hydrogen-bond donors (Lipinski definition) is 0. The molecule has 0 amide bonds. The average molecular weight is 185 g/mol. The van der Waals surface area contributed by atoms with Gasteiger partial charge in [-0.05, 0) is 37.1 Å². The van der Waals surface area contributed by atoms with Crippen molar-refractivity contribution in [2.45, 2.75) is 13.8 Å². The molecule has 1 rings (SSSR count). The summed E-state index contributed by atoms with van der Waals surface area (Å²) in [5.74, 6) is -0.316. The summed E-state index contributed by atoms with van der Waals surface area (Å²) in [7, 11) is 0. The lowest BCUT2D eigenvalue weighted by molar-refractivity contribution is 0.627. The van der Waals surface area contributed by atoms with Crippen LogP contribution in [0.25, 0.3) is 5.57 Å². The maximum atomic E-state index is 12.8. The molecule has 0 aliphatic carbocycles. The van der Waals surface area contributed by atoms with Gasteiger partial charge < -0.3 is 0 Å². The Hall–Kier alpha value is -0.820. The number of hydrogen-bond acceptors (Lipinski definition) is 0. The largest absolute Gasteiger partial charge is 0.207 e. The molecule has 0 nitrogen and oxygen atoms in total. The van der Waals surface area contributed by atoms with Gasteiger partial charge in [-0.3, -0.25) is 0 Å². The van der Waals surface area contributed by atoms with E-state index in [4.69, 9.17) is 11.6 Å². The molecular formula is C10H10ClF. The Bertz CT molecular complexity index is 329. The van der Waals surface area contributed by atoms with Gasteiger partial charge >= 0.3 is 0 Å². The summed E-state index contributed by atoms with van der Waals surface area (Å²) in [5, 5.41) is 0.452. The van der Waals surface area contributed by atoms with Gasteiger partial charge in [-0.15, -0.1) is 0 Å². The second-order valence-corrected chi connectivity index (χ2v) is 3.25. The van der Waals surface area contributed by atoms with Gasteiger partial charge in [0.15, 0.2) is 0 Å². The highest BCUT2D eigenvalue weighted by atomic mass is 35.5. The van der Waals surface area contributed by atoms with Gasteiger partial charge in [0.25, 0.3) is 0 Å². The summed E-state index contributed by atoms with van der Waals surface area (Å²) in [5.41, 5.74) is 2.50. The van der Waals surface area contributed by atoms with Crippen LogP contribution in [0.4, 0.5) is 4.39 Å². The van der Waals surface area contributed by atoms with Crippen molar-refractivity contribution in [3.05, 3.63) is 40.7 Å². The Morgan fingerprint density at radius 1 is 1.50 bits per heavy atom. The summed E-state index contributed by atoms with van der Waals surface area (Å²) in [4.78, 5) is 0. The molecule has 0 aliphatic heterocycles. The van der Waals surface area contributed by atoms with Gasteiger partial charge in [0, 0.05) is 5.02 Å². The Kier molecular flexibility index (Phi) is 2.53. The van der Waals surface area contributed by atoms with Crippen LogP contribution in [0, 0.1) is 12.7 Å². The minimum atomic E-state index is -0.316. The fourth-order valence-corrected chi connectivity index (χ4v) is 1.30. The van der Waals surface area contributed by atoms with Crippen LogP contribution in [0.2, 0.25) is 5.02 Å². The standard InChI is InChI=1S/C10H10ClF/c1-6(2)9-4-8(12)5-10(11)7(9)3/h4-5H,1H2,2-3H3. The van der Waals surface area contributed by atoms with Gasteiger partial charge in [0.2, 0.25) is 0 Å². The molecule has 0 aromatic heterocycles. The molecule has 2 heteroatoms. The Balaban J connectivity index is 3.37. The Labute approximate surface area is 76.7 Å². The number of allylic oxidation sites excluding steroid dienone is 1. The fourth-order valence-electron chi connectivity index (χ4n) is 1.09. The maximum Gasteiger partial charge on any atom is 0.125 e. The van der Waals surface area contributed by atoms with Crippen molar-refractivity contribution < 1.29 is 4.39 Å². The van der Waals surface area contributed by atoms with Crippen molar-refractivity contribution in [3.63, 3.8) is 0 Å². The molecule has 0 saturated carbocycles. The van der Waals surface area contributed by atoms with Gasteiger partial charge in [-0.1, -0.05) is 23.8 Å². The van der Waals surface area contributed by atoms with Crippen molar-refractivity contribution in [2.24, 2.45) is 0 Å². The molecule has 0 unspecified atom stereocenters. The number of benzene rings is 1. The fraction of sp³-hybridized carbons (Fsp3) is 0.200. The summed E-state index contributed by atoms with van der Waals surface area (Å²) in [6.07, 6.45) is 0. The zero-order valence-corrected chi connectivity index (χ0v) is 7.87. The third-order valence-electron chi connectivity index (χ3n) is 1.77. The molecule has 0 radical (unpaired) electrons. The van der Waals surface area contributed by atoms with Gasteiger partial charge in [0.1, 0.15) is 5.82 Å². The summed E-state index contributed by atoms with van der Waals surface area (Å²) < 4.78 is 12.8. The average Bonchev–Trinajstić information content (AvgIpc) is 1.96. The number of halogens is 2. The molecule has 0 N–H and O–H groups in total. The van der Waals surface area contributed by atoms with Crippen LogP contribution in [-0.2, 0) is 0 Å². The maximum absolute atomic E-state index is 12.8. The van der Waals surface area contributed by atoms with E-state index in [-0.39, 0.29) is 5.82 Å². The highest BCUT2D eigenvalue weighted by molar-refractivity contribution is 6.31. The SMILES string of the molecule is C=C(C)c1cc(F)cc(Cl)c1C. The first-order valence-electron chi connectivity index (χ1n) is 3.64. The minimum Gasteiger partial charge on any atom is -0.207 e. The molecule has 0 spiro atoms. The molecule has 0 atom stereocenters. The normalized spacial score (nSPS) is 10.0. The molecule has 64 valence electrons. The topological polar surface area (TPSA) is 0 Å². The van der Waals surface area contributed by atoms with E-state index in [0.29, 0.717) is 5.02 Å². The van der Waals surface area contributed by atoms with Gasteiger partial charge in [-0.25, -0.2) is 4.39 Å². The zero-order valence-electron chi connectivity index (χ0n) is 7.12. The monoisotopic (exact) mass is 184 g/mol. The predicted octanol–water partition coefficient (Wildman–Crippen LogP) is 3.82. The molecule has 0 aliphatic rings. The van der Waals surface area contributed by atoms with Gasteiger partial charge in [-0.2, -0.15) is 0 Å². The van der Waals surface area contributed by atoms with Crippen LogP contribution in [0.3, 0.4) is 0 Å². The molecule has 0 saturated heterocycles. The molecule has 0 heterocycles. The van der Waals surface area contributed by atoms with E-state index >= 15 is 0 Å². The smallest absolute Gasteiger partial charge is 0.125 e. The molecule has 0 bridgehead atoms. The third-order valence-corrected chi connectivity index (χ3v) is 2.16. The Morgan fingerprint density at radius 2 is 2.08 bits per heavy atom. The summed E-state index contributed by atoms with van der Waals surface area (Å²) >= 11 is 5.78. The van der Waals surface area contributed by atoms with E-state index in [1.54, 1.807) is 0 Å². The summed E-state index contributed by atoms with van der Waals surface area (Å²) in [6.45, 7) is 7.43. The molecule has 0 fully saturated rings. The first-order valence-corrected chi connectivity index (χ1v) is 4.01. The quantitative estimate of drug-likeness (QED) is 0.623. The lowest BCUT2D eigenvalue weighted by Crippen LogP contribution is -1.88. The van der Waals surface area contributed by atoms with Crippen molar-refractivity contribution in [2.75, 3.05) is 0 Å². The second kappa shape index (κ2) is 3.28. The zero-order chi connectivity index (χ0) is 9.30. The van der Waals surface area contributed by atoms with Crippen LogP contribution in [0.1, 0.15) is 18.1 Å². The molecule has 12 heavy (non-hydrogen) atoms. The molecule has 1 aromatic rings. The molecule has 1 aromatic carbocycles. The van der Waals surface area contributed by atoms with Crippen LogP contribution in [0.5, 0.6) is 0 Å². The van der Waals surface area contributed by atoms with Crippen LogP contribution in [-0.4, -0.2) is 0 Å². The number of rotatable bonds is 1. The van der Waals surface area contributed by atoms with Crippen LogP contribution >= 0.6 is 11.6 Å². The van der Waals surface area contributed by atoms with E-state index in [0.717, 1.165) is 16.7 Å². The second-order valence-electron chi connectivity index (χ2n) is 2.84. The first-order chi connectivity index (χ1) is 5.52. The minimum absolute atomic E-state index is 0.316.